The van der Waals surface area contributed by atoms with E-state index >= 15 is 0 Å². The fourth-order valence-electron chi connectivity index (χ4n) is 1.66. The van der Waals surface area contributed by atoms with Crippen LogP contribution in [0.4, 0.5) is 13.2 Å². The number of nitrogens with zero attached hydrogens (tertiary/aromatic N) is 2. The molecule has 0 fully saturated rings. The van der Waals surface area contributed by atoms with E-state index in [9.17, 15) is 13.2 Å². The fourth-order valence-corrected chi connectivity index (χ4v) is 1.66. The van der Waals surface area contributed by atoms with Gasteiger partial charge in [-0.15, -0.1) is 0 Å². The Labute approximate surface area is 108 Å². The van der Waals surface area contributed by atoms with Crippen molar-refractivity contribution < 1.29 is 13.2 Å². The topological polar surface area (TPSA) is 36.7 Å². The molecule has 0 saturated carbocycles. The van der Waals surface area contributed by atoms with Crippen molar-refractivity contribution in [3.05, 3.63) is 53.3 Å². The van der Waals surface area contributed by atoms with Gasteiger partial charge in [-0.25, -0.2) is 0 Å². The highest BCUT2D eigenvalue weighted by Gasteiger charge is 2.31. The van der Waals surface area contributed by atoms with E-state index in [2.05, 4.69) is 4.98 Å². The van der Waals surface area contributed by atoms with E-state index in [0.717, 1.165) is 17.8 Å². The summed E-state index contributed by atoms with van der Waals surface area (Å²) in [7, 11) is 0. The molecule has 0 N–H and O–H groups in total. The molecule has 1 heterocycles. The van der Waals surface area contributed by atoms with E-state index < -0.39 is 11.7 Å². The minimum atomic E-state index is -4.47. The third-order valence-corrected chi connectivity index (χ3v) is 2.63. The van der Waals surface area contributed by atoms with E-state index in [4.69, 9.17) is 5.26 Å². The normalized spacial score (nSPS) is 11.1. The maximum atomic E-state index is 12.7. The molecule has 0 amide bonds. The molecule has 0 saturated heterocycles. The van der Waals surface area contributed by atoms with Gasteiger partial charge in [-0.05, 0) is 36.8 Å². The van der Waals surface area contributed by atoms with Crippen molar-refractivity contribution in [3.8, 4) is 17.2 Å². The molecule has 2 rings (SSSR count). The Balaban J connectivity index is 2.58. The Morgan fingerprint density at radius 3 is 2.37 bits per heavy atom. The molecule has 2 nitrogen and oxygen atoms in total. The zero-order valence-corrected chi connectivity index (χ0v) is 9.99. The Morgan fingerprint density at radius 2 is 1.84 bits per heavy atom. The summed E-state index contributed by atoms with van der Waals surface area (Å²) in [5.74, 6) is 0. The van der Waals surface area contributed by atoms with Crippen molar-refractivity contribution in [2.24, 2.45) is 0 Å². The van der Waals surface area contributed by atoms with Crippen molar-refractivity contribution in [1.82, 2.24) is 4.98 Å². The summed E-state index contributed by atoms with van der Waals surface area (Å²) in [5.41, 5.74) is 0.802. The van der Waals surface area contributed by atoms with Gasteiger partial charge >= 0.3 is 6.18 Å². The highest BCUT2D eigenvalue weighted by molar-refractivity contribution is 5.65. The van der Waals surface area contributed by atoms with Crippen molar-refractivity contribution in [2.75, 3.05) is 0 Å². The van der Waals surface area contributed by atoms with E-state index in [0.29, 0.717) is 11.1 Å². The molecular formula is C14H9F3N2. The quantitative estimate of drug-likeness (QED) is 0.780. The van der Waals surface area contributed by atoms with Gasteiger partial charge in [0, 0.05) is 17.5 Å². The number of aryl methyl sites for hydroxylation is 1. The average Bonchev–Trinajstić information content (AvgIpc) is 2.38. The van der Waals surface area contributed by atoms with Gasteiger partial charge in [0.15, 0.2) is 0 Å². The Bertz CT molecular complexity index is 637. The zero-order chi connectivity index (χ0) is 14.0. The molecule has 1 aromatic heterocycles. The van der Waals surface area contributed by atoms with Crippen LogP contribution in [-0.4, -0.2) is 4.98 Å². The minimum absolute atomic E-state index is 0.0228. The monoisotopic (exact) mass is 262 g/mol. The predicted molar refractivity (Wildman–Crippen MR) is 64.1 cm³/mol. The number of hydrogen-bond acceptors (Lipinski definition) is 2. The standard InChI is InChI=1S/C14H9F3N2/c1-9-2-3-11(8-19-9)12-4-10(7-18)5-13(6-12)14(15,16)17/h2-6,8H,1H3. The third kappa shape index (κ3) is 2.91. The van der Waals surface area contributed by atoms with Crippen LogP contribution >= 0.6 is 0 Å². The molecule has 2 aromatic rings. The Morgan fingerprint density at radius 1 is 1.11 bits per heavy atom. The highest BCUT2D eigenvalue weighted by atomic mass is 19.4. The van der Waals surface area contributed by atoms with Gasteiger partial charge in [0.25, 0.3) is 0 Å². The van der Waals surface area contributed by atoms with Crippen molar-refractivity contribution in [3.63, 3.8) is 0 Å². The summed E-state index contributed by atoms with van der Waals surface area (Å²) in [4.78, 5) is 4.04. The van der Waals surface area contributed by atoms with Gasteiger partial charge in [-0.1, -0.05) is 6.07 Å². The zero-order valence-electron chi connectivity index (χ0n) is 9.99. The first-order chi connectivity index (χ1) is 8.90. The number of hydrogen-bond donors (Lipinski definition) is 0. The van der Waals surface area contributed by atoms with Gasteiger partial charge < -0.3 is 0 Å². The molecule has 0 bridgehead atoms. The summed E-state index contributed by atoms with van der Waals surface area (Å²) in [6.45, 7) is 1.79. The molecule has 5 heteroatoms. The SMILES string of the molecule is Cc1ccc(-c2cc(C#N)cc(C(F)(F)F)c2)cn1. The van der Waals surface area contributed by atoms with Crippen LogP contribution in [0.15, 0.2) is 36.5 Å². The third-order valence-electron chi connectivity index (χ3n) is 2.63. The smallest absolute Gasteiger partial charge is 0.261 e. The first kappa shape index (κ1) is 13.1. The fraction of sp³-hybridized carbons (Fsp3) is 0.143. The van der Waals surface area contributed by atoms with Crippen LogP contribution in [-0.2, 0) is 6.18 Å². The minimum Gasteiger partial charge on any atom is -0.261 e. The van der Waals surface area contributed by atoms with Gasteiger partial charge in [0.2, 0.25) is 0 Å². The predicted octanol–water partition coefficient (Wildman–Crippen LogP) is 3.95. The van der Waals surface area contributed by atoms with E-state index in [1.165, 1.54) is 12.3 Å². The van der Waals surface area contributed by atoms with Gasteiger partial charge in [-0.3, -0.25) is 4.98 Å². The van der Waals surface area contributed by atoms with Crippen LogP contribution in [0, 0.1) is 18.3 Å². The van der Waals surface area contributed by atoms with Crippen molar-refractivity contribution in [1.29, 1.82) is 5.26 Å². The van der Waals surface area contributed by atoms with Crippen LogP contribution in [0.3, 0.4) is 0 Å². The number of rotatable bonds is 1. The summed E-state index contributed by atoms with van der Waals surface area (Å²) >= 11 is 0. The molecule has 0 aliphatic rings. The first-order valence-corrected chi connectivity index (χ1v) is 5.45. The number of nitriles is 1. The number of pyridine rings is 1. The number of benzene rings is 1. The largest absolute Gasteiger partial charge is 0.416 e. The molecule has 0 atom stereocenters. The summed E-state index contributed by atoms with van der Waals surface area (Å²) < 4.78 is 38.2. The molecule has 19 heavy (non-hydrogen) atoms. The van der Waals surface area contributed by atoms with Gasteiger partial charge in [-0.2, -0.15) is 18.4 Å². The van der Waals surface area contributed by atoms with Crippen LogP contribution in [0.5, 0.6) is 0 Å². The maximum absolute atomic E-state index is 12.7. The lowest BCUT2D eigenvalue weighted by atomic mass is 10.0. The van der Waals surface area contributed by atoms with E-state index in [1.54, 1.807) is 25.1 Å². The molecule has 96 valence electrons. The second-order valence-electron chi connectivity index (χ2n) is 4.10. The second kappa shape index (κ2) is 4.73. The molecule has 0 aliphatic heterocycles. The Hall–Kier alpha value is -2.35. The first-order valence-electron chi connectivity index (χ1n) is 5.45. The molecule has 0 aliphatic carbocycles. The number of alkyl halides is 3. The molecule has 1 aromatic carbocycles. The van der Waals surface area contributed by atoms with E-state index in [1.807, 2.05) is 0 Å². The Kier molecular flexibility index (Phi) is 3.26. The van der Waals surface area contributed by atoms with Gasteiger partial charge in [0.05, 0.1) is 17.2 Å². The second-order valence-corrected chi connectivity index (χ2v) is 4.10. The summed E-state index contributed by atoms with van der Waals surface area (Å²) in [5, 5.41) is 8.81. The van der Waals surface area contributed by atoms with Crippen LogP contribution in [0.2, 0.25) is 0 Å². The van der Waals surface area contributed by atoms with Crippen molar-refractivity contribution >= 4 is 0 Å². The van der Waals surface area contributed by atoms with Crippen LogP contribution in [0.25, 0.3) is 11.1 Å². The lowest BCUT2D eigenvalue weighted by Gasteiger charge is -2.10. The molecule has 0 spiro atoms. The van der Waals surface area contributed by atoms with Crippen molar-refractivity contribution in [2.45, 2.75) is 13.1 Å². The highest BCUT2D eigenvalue weighted by Crippen LogP contribution is 2.33. The molecule has 0 unspecified atom stereocenters. The molecule has 0 radical (unpaired) electrons. The van der Waals surface area contributed by atoms with Crippen LogP contribution < -0.4 is 0 Å². The summed E-state index contributed by atoms with van der Waals surface area (Å²) in [6, 6.07) is 8.41. The average molecular weight is 262 g/mol. The lowest BCUT2D eigenvalue weighted by Crippen LogP contribution is -2.05. The molecular weight excluding hydrogens is 253 g/mol. The number of aromatic nitrogens is 1. The van der Waals surface area contributed by atoms with E-state index in [-0.39, 0.29) is 5.56 Å². The summed E-state index contributed by atoms with van der Waals surface area (Å²) in [6.07, 6.45) is -2.98. The van der Waals surface area contributed by atoms with Gasteiger partial charge in [0.1, 0.15) is 0 Å². The van der Waals surface area contributed by atoms with Crippen LogP contribution in [0.1, 0.15) is 16.8 Å². The number of halogens is 3. The maximum Gasteiger partial charge on any atom is 0.416 e. The lowest BCUT2D eigenvalue weighted by molar-refractivity contribution is -0.137.